The van der Waals surface area contributed by atoms with Crippen LogP contribution in [-0.4, -0.2) is 60.4 Å². The lowest BCUT2D eigenvalue weighted by Gasteiger charge is -2.20. The van der Waals surface area contributed by atoms with Crippen LogP contribution >= 0.6 is 0 Å². The molecule has 1 aliphatic heterocycles. The largest absolute Gasteiger partial charge is 0.390 e. The summed E-state index contributed by atoms with van der Waals surface area (Å²) < 4.78 is 5.73. The first-order chi connectivity index (χ1) is 11.3. The summed E-state index contributed by atoms with van der Waals surface area (Å²) in [5.74, 6) is -0.0611. The zero-order valence-electron chi connectivity index (χ0n) is 15.2. The Morgan fingerprint density at radius 3 is 2.58 bits per heavy atom. The molecule has 24 heavy (non-hydrogen) atoms. The molecule has 0 saturated carbocycles. The lowest BCUT2D eigenvalue weighted by Crippen LogP contribution is -2.43. The van der Waals surface area contributed by atoms with E-state index in [-0.39, 0.29) is 18.1 Å². The first-order valence-corrected chi connectivity index (χ1v) is 8.71. The van der Waals surface area contributed by atoms with Crippen molar-refractivity contribution in [2.24, 2.45) is 0 Å². The van der Waals surface area contributed by atoms with Crippen molar-refractivity contribution in [2.75, 3.05) is 26.7 Å². The molecular weight excluding hydrogens is 304 g/mol. The SMILES string of the molecule is CCOC1CN(C)CC1NC(=O)c1ccc(CCC(C)(C)O)cc1. The van der Waals surface area contributed by atoms with E-state index in [1.54, 1.807) is 0 Å². The average molecular weight is 334 g/mol. The highest BCUT2D eigenvalue weighted by molar-refractivity contribution is 5.94. The Hall–Kier alpha value is -1.43. The zero-order valence-corrected chi connectivity index (χ0v) is 15.2. The second-order valence-corrected chi connectivity index (χ2v) is 7.30. The Balaban J connectivity index is 1.92. The number of carbonyl (C=O) groups excluding carboxylic acids is 1. The van der Waals surface area contributed by atoms with Crippen molar-refractivity contribution in [1.82, 2.24) is 10.2 Å². The van der Waals surface area contributed by atoms with Gasteiger partial charge in [-0.2, -0.15) is 0 Å². The number of ether oxygens (including phenoxy) is 1. The Morgan fingerprint density at radius 1 is 1.33 bits per heavy atom. The van der Waals surface area contributed by atoms with Gasteiger partial charge in [0.05, 0.1) is 17.7 Å². The van der Waals surface area contributed by atoms with Gasteiger partial charge in [0.1, 0.15) is 0 Å². The molecular formula is C19H30N2O3. The van der Waals surface area contributed by atoms with E-state index in [4.69, 9.17) is 4.74 Å². The number of amides is 1. The summed E-state index contributed by atoms with van der Waals surface area (Å²) in [6.45, 7) is 7.89. The van der Waals surface area contributed by atoms with Crippen molar-refractivity contribution in [3.8, 4) is 0 Å². The molecule has 0 aliphatic carbocycles. The van der Waals surface area contributed by atoms with E-state index < -0.39 is 5.60 Å². The summed E-state index contributed by atoms with van der Waals surface area (Å²) in [5.41, 5.74) is 1.12. The van der Waals surface area contributed by atoms with Crippen molar-refractivity contribution < 1.29 is 14.6 Å². The van der Waals surface area contributed by atoms with Crippen molar-refractivity contribution in [2.45, 2.75) is 51.4 Å². The maximum Gasteiger partial charge on any atom is 0.251 e. The maximum atomic E-state index is 12.5. The number of hydrogen-bond donors (Lipinski definition) is 2. The normalized spacial score (nSPS) is 21.9. The van der Waals surface area contributed by atoms with Crippen LogP contribution in [0.5, 0.6) is 0 Å². The van der Waals surface area contributed by atoms with Gasteiger partial charge in [-0.15, -0.1) is 0 Å². The number of likely N-dealkylation sites (tertiary alicyclic amines) is 1. The monoisotopic (exact) mass is 334 g/mol. The molecule has 1 fully saturated rings. The van der Waals surface area contributed by atoms with E-state index >= 15 is 0 Å². The number of nitrogens with one attached hydrogen (secondary N) is 1. The molecule has 1 aromatic rings. The number of benzene rings is 1. The van der Waals surface area contributed by atoms with Crippen LogP contribution in [0.3, 0.4) is 0 Å². The van der Waals surface area contributed by atoms with E-state index in [0.29, 0.717) is 18.6 Å². The molecule has 1 aliphatic rings. The van der Waals surface area contributed by atoms with Gasteiger partial charge in [-0.3, -0.25) is 4.79 Å². The molecule has 0 spiro atoms. The highest BCUT2D eigenvalue weighted by Crippen LogP contribution is 2.15. The first kappa shape index (κ1) is 18.9. The number of carbonyl (C=O) groups is 1. The predicted molar refractivity (Wildman–Crippen MR) is 95.2 cm³/mol. The number of likely N-dealkylation sites (N-methyl/N-ethyl adjacent to an activating group) is 1. The topological polar surface area (TPSA) is 61.8 Å². The van der Waals surface area contributed by atoms with Crippen LogP contribution in [-0.2, 0) is 11.2 Å². The highest BCUT2D eigenvalue weighted by atomic mass is 16.5. The molecule has 5 heteroatoms. The van der Waals surface area contributed by atoms with Crippen molar-refractivity contribution >= 4 is 5.91 Å². The standard InChI is InChI=1S/C19H30N2O3/c1-5-24-17-13-21(4)12-16(17)20-18(22)15-8-6-14(7-9-15)10-11-19(2,3)23/h6-9,16-17,23H,5,10-13H2,1-4H3,(H,20,22). The number of aliphatic hydroxyl groups is 1. The summed E-state index contributed by atoms with van der Waals surface area (Å²) in [6.07, 6.45) is 1.55. The summed E-state index contributed by atoms with van der Waals surface area (Å²) in [5, 5.41) is 12.9. The van der Waals surface area contributed by atoms with Crippen molar-refractivity contribution in [3.05, 3.63) is 35.4 Å². The van der Waals surface area contributed by atoms with Crippen LogP contribution in [0.25, 0.3) is 0 Å². The quantitative estimate of drug-likeness (QED) is 0.799. The molecule has 1 saturated heterocycles. The number of hydrogen-bond acceptors (Lipinski definition) is 4. The second kappa shape index (κ2) is 8.10. The minimum atomic E-state index is -0.668. The molecule has 1 amide bonds. The fourth-order valence-electron chi connectivity index (χ4n) is 3.01. The molecule has 2 unspecified atom stereocenters. The Labute approximate surface area is 145 Å². The van der Waals surface area contributed by atoms with Gasteiger partial charge >= 0.3 is 0 Å². The van der Waals surface area contributed by atoms with Crippen LogP contribution in [0.1, 0.15) is 43.1 Å². The molecule has 1 aromatic carbocycles. The van der Waals surface area contributed by atoms with Crippen LogP contribution in [0.4, 0.5) is 0 Å². The third-order valence-corrected chi connectivity index (χ3v) is 4.39. The van der Waals surface area contributed by atoms with Crippen LogP contribution in [0, 0.1) is 0 Å². The molecule has 134 valence electrons. The molecule has 0 radical (unpaired) electrons. The molecule has 5 nitrogen and oxygen atoms in total. The van der Waals surface area contributed by atoms with Crippen LogP contribution in [0.15, 0.2) is 24.3 Å². The minimum Gasteiger partial charge on any atom is -0.390 e. The van der Waals surface area contributed by atoms with Gasteiger partial charge in [-0.05, 0) is 58.4 Å². The summed E-state index contributed by atoms with van der Waals surface area (Å²) in [6, 6.07) is 7.65. The fourth-order valence-corrected chi connectivity index (χ4v) is 3.01. The summed E-state index contributed by atoms with van der Waals surface area (Å²) in [7, 11) is 2.04. The third kappa shape index (κ3) is 5.58. The number of rotatable bonds is 7. The van der Waals surface area contributed by atoms with Gasteiger partial charge < -0.3 is 20.1 Å². The van der Waals surface area contributed by atoms with E-state index in [1.807, 2.05) is 52.1 Å². The van der Waals surface area contributed by atoms with Gasteiger partial charge in [-0.1, -0.05) is 12.1 Å². The second-order valence-electron chi connectivity index (χ2n) is 7.30. The van der Waals surface area contributed by atoms with E-state index in [1.165, 1.54) is 0 Å². The number of nitrogens with zero attached hydrogens (tertiary/aromatic N) is 1. The Kier molecular flexibility index (Phi) is 6.38. The molecule has 2 N–H and O–H groups in total. The van der Waals surface area contributed by atoms with E-state index in [0.717, 1.165) is 25.1 Å². The molecule has 1 heterocycles. The van der Waals surface area contributed by atoms with E-state index in [2.05, 4.69) is 10.2 Å². The molecule has 2 rings (SSSR count). The Morgan fingerprint density at radius 2 is 2.00 bits per heavy atom. The highest BCUT2D eigenvalue weighted by Gasteiger charge is 2.32. The Bertz CT molecular complexity index is 537. The lowest BCUT2D eigenvalue weighted by molar-refractivity contribution is 0.0513. The smallest absolute Gasteiger partial charge is 0.251 e. The van der Waals surface area contributed by atoms with Crippen LogP contribution < -0.4 is 5.32 Å². The van der Waals surface area contributed by atoms with Gasteiger partial charge in [-0.25, -0.2) is 0 Å². The van der Waals surface area contributed by atoms with Gasteiger partial charge in [0.25, 0.3) is 5.91 Å². The van der Waals surface area contributed by atoms with Gasteiger partial charge in [0.15, 0.2) is 0 Å². The van der Waals surface area contributed by atoms with E-state index in [9.17, 15) is 9.90 Å². The van der Waals surface area contributed by atoms with Crippen molar-refractivity contribution in [1.29, 1.82) is 0 Å². The number of aryl methyl sites for hydroxylation is 1. The minimum absolute atomic E-state index is 0.0253. The summed E-state index contributed by atoms with van der Waals surface area (Å²) in [4.78, 5) is 14.6. The average Bonchev–Trinajstić information content (AvgIpc) is 2.85. The fraction of sp³-hybridized carbons (Fsp3) is 0.632. The van der Waals surface area contributed by atoms with Crippen LogP contribution in [0.2, 0.25) is 0 Å². The van der Waals surface area contributed by atoms with Crippen molar-refractivity contribution in [3.63, 3.8) is 0 Å². The molecule has 2 atom stereocenters. The maximum absolute atomic E-state index is 12.5. The molecule has 0 aromatic heterocycles. The third-order valence-electron chi connectivity index (χ3n) is 4.39. The zero-order chi connectivity index (χ0) is 17.7. The predicted octanol–water partition coefficient (Wildman–Crippen LogP) is 1.84. The lowest BCUT2D eigenvalue weighted by atomic mass is 9.98. The summed E-state index contributed by atoms with van der Waals surface area (Å²) >= 11 is 0. The molecule has 0 bridgehead atoms. The first-order valence-electron chi connectivity index (χ1n) is 8.71. The van der Waals surface area contributed by atoms with Gasteiger partial charge in [0.2, 0.25) is 0 Å². The van der Waals surface area contributed by atoms with Gasteiger partial charge in [0, 0.05) is 25.3 Å².